The van der Waals surface area contributed by atoms with Crippen LogP contribution in [0.1, 0.15) is 163 Å². The fourth-order valence-electron chi connectivity index (χ4n) is 5.39. The summed E-state index contributed by atoms with van der Waals surface area (Å²) < 4.78 is 14.8. The second-order valence-corrected chi connectivity index (χ2v) is 15.7. The third-order valence-electron chi connectivity index (χ3n) is 8.58. The molecular weight excluding hydrogens is 705 g/mol. The summed E-state index contributed by atoms with van der Waals surface area (Å²) >= 11 is 3.84. The number of phenolic OH excluding ortho intramolecular Hbond substituents is 1. The van der Waals surface area contributed by atoms with Gasteiger partial charge in [-0.25, -0.2) is 9.59 Å². The molecule has 2 rings (SSSR count). The van der Waals surface area contributed by atoms with Crippen LogP contribution in [-0.2, 0) is 9.47 Å². The van der Waals surface area contributed by atoms with Crippen molar-refractivity contribution < 1.29 is 34.0 Å². The number of esters is 2. The summed E-state index contributed by atoms with van der Waals surface area (Å²) in [5.41, 5.74) is 0.987. The minimum absolute atomic E-state index is 0.137. The number of carbonyl (C=O) groups excluding carboxylic acids is 2. The second-order valence-electron chi connectivity index (χ2n) is 13.2. The molecule has 0 heterocycles. The van der Waals surface area contributed by atoms with Gasteiger partial charge in [0.15, 0.2) is 0 Å². The van der Waals surface area contributed by atoms with Gasteiger partial charge in [-0.15, -0.1) is 0 Å². The van der Waals surface area contributed by atoms with E-state index in [0.29, 0.717) is 24.3 Å². The maximum Gasteiger partial charge on any atom is 0.337 e. The molecule has 0 amide bonds. The Balaban J connectivity index is 0.000000848. The van der Waals surface area contributed by atoms with Crippen LogP contribution in [0.4, 0.5) is 0 Å². The lowest BCUT2D eigenvalue weighted by molar-refractivity contribution is 0.0592. The maximum absolute atomic E-state index is 11.4. The lowest BCUT2D eigenvalue weighted by Crippen LogP contribution is -2.03. The Labute approximate surface area is 332 Å². The number of hydrogen-bond acceptors (Lipinski definition) is 9. The van der Waals surface area contributed by atoms with Gasteiger partial charge in [0.05, 0.1) is 38.6 Å². The first-order valence-electron chi connectivity index (χ1n) is 20.4. The van der Waals surface area contributed by atoms with Crippen LogP contribution in [-0.4, -0.2) is 72.6 Å². The molecule has 53 heavy (non-hydrogen) atoms. The molecule has 304 valence electrons. The SMILES string of the molecule is CCCCCCCCCCCCSCCO.CCCCCCCCCCCCSCCOc1ccc(C(=O)OC)cc1.COC(=O)c1ccc(O)cc1. The quantitative estimate of drug-likeness (QED) is 0.0592. The summed E-state index contributed by atoms with van der Waals surface area (Å²) in [5.74, 6) is 4.61. The Morgan fingerprint density at radius 1 is 0.509 bits per heavy atom. The number of aliphatic hydroxyl groups excluding tert-OH is 1. The first-order chi connectivity index (χ1) is 25.9. The molecule has 0 spiro atoms. The number of aromatic hydroxyl groups is 1. The largest absolute Gasteiger partial charge is 0.508 e. The van der Waals surface area contributed by atoms with Crippen LogP contribution in [0, 0.1) is 0 Å². The van der Waals surface area contributed by atoms with Gasteiger partial charge in [0.2, 0.25) is 0 Å². The number of aliphatic hydroxyl groups is 1. The van der Waals surface area contributed by atoms with Crippen molar-refractivity contribution in [1.29, 1.82) is 0 Å². The van der Waals surface area contributed by atoms with Crippen molar-refractivity contribution >= 4 is 35.5 Å². The number of thioether (sulfide) groups is 2. The number of carbonyl (C=O) groups is 2. The molecule has 0 aliphatic carbocycles. The highest BCUT2D eigenvalue weighted by atomic mass is 32.2. The van der Waals surface area contributed by atoms with Crippen molar-refractivity contribution in [1.82, 2.24) is 0 Å². The Morgan fingerprint density at radius 2 is 0.868 bits per heavy atom. The lowest BCUT2D eigenvalue weighted by atomic mass is 10.1. The summed E-state index contributed by atoms with van der Waals surface area (Å²) in [6.07, 6.45) is 28.0. The van der Waals surface area contributed by atoms with Gasteiger partial charge >= 0.3 is 11.9 Å². The van der Waals surface area contributed by atoms with E-state index < -0.39 is 5.97 Å². The molecule has 0 fully saturated rings. The van der Waals surface area contributed by atoms with E-state index in [1.807, 2.05) is 35.7 Å². The minimum Gasteiger partial charge on any atom is -0.508 e. The van der Waals surface area contributed by atoms with Crippen molar-refractivity contribution in [2.24, 2.45) is 0 Å². The monoisotopic (exact) mass is 778 g/mol. The normalized spacial score (nSPS) is 10.4. The lowest BCUT2D eigenvalue weighted by Gasteiger charge is -2.07. The number of hydrogen-bond donors (Lipinski definition) is 2. The molecule has 0 aliphatic heterocycles. The highest BCUT2D eigenvalue weighted by Crippen LogP contribution is 2.16. The summed E-state index contributed by atoms with van der Waals surface area (Å²) in [5, 5.41) is 17.5. The standard InChI is InChI=1S/C22H36O3S.C14H30OS.C8H8O3/c1-3-4-5-6-7-8-9-10-11-12-18-26-19-17-25-21-15-13-20(14-16-21)22(23)24-2;1-2-3-4-5-6-7-8-9-10-11-13-16-14-12-15;1-11-8(10)6-2-4-7(9)5-3-6/h13-16H,3-12,17-19H2,1-2H3;15H,2-14H2,1H3;2-5,9H,1H3. The molecule has 0 bridgehead atoms. The predicted molar refractivity (Wildman–Crippen MR) is 228 cm³/mol. The number of phenols is 1. The Kier molecular flexibility index (Phi) is 37.6. The number of rotatable bonds is 30. The Hall–Kier alpha value is -2.36. The zero-order valence-corrected chi connectivity index (χ0v) is 35.4. The van der Waals surface area contributed by atoms with Crippen LogP contribution >= 0.6 is 23.5 Å². The minimum atomic E-state index is -0.398. The summed E-state index contributed by atoms with van der Waals surface area (Å²) in [4.78, 5) is 22.2. The summed E-state index contributed by atoms with van der Waals surface area (Å²) in [6.45, 7) is 5.59. The van der Waals surface area contributed by atoms with Crippen molar-refractivity contribution in [3.8, 4) is 11.5 Å². The van der Waals surface area contributed by atoms with Crippen molar-refractivity contribution in [3.63, 3.8) is 0 Å². The third kappa shape index (κ3) is 32.8. The predicted octanol–water partition coefficient (Wildman–Crippen LogP) is 12.3. The topological polar surface area (TPSA) is 102 Å². The van der Waals surface area contributed by atoms with Crippen LogP contribution in [0.3, 0.4) is 0 Å². The Morgan fingerprint density at radius 3 is 1.25 bits per heavy atom. The highest BCUT2D eigenvalue weighted by Gasteiger charge is 2.05. The number of methoxy groups -OCH3 is 2. The fourth-order valence-corrected chi connectivity index (χ4v) is 6.95. The molecule has 2 aromatic rings. The molecule has 2 aromatic carbocycles. The molecule has 7 nitrogen and oxygen atoms in total. The van der Waals surface area contributed by atoms with Crippen LogP contribution < -0.4 is 4.74 Å². The van der Waals surface area contributed by atoms with Gasteiger partial charge in [0.25, 0.3) is 0 Å². The third-order valence-corrected chi connectivity index (χ3v) is 10.7. The number of unbranched alkanes of at least 4 members (excludes halogenated alkanes) is 18. The van der Waals surface area contributed by atoms with Crippen LogP contribution in [0.15, 0.2) is 48.5 Å². The van der Waals surface area contributed by atoms with Gasteiger partial charge in [-0.05, 0) is 72.9 Å². The van der Waals surface area contributed by atoms with Crippen molar-refractivity contribution in [3.05, 3.63) is 59.7 Å². The average molecular weight is 779 g/mol. The van der Waals surface area contributed by atoms with Gasteiger partial charge in [-0.2, -0.15) is 23.5 Å². The first kappa shape index (κ1) is 50.6. The van der Waals surface area contributed by atoms with E-state index in [2.05, 4.69) is 23.3 Å². The van der Waals surface area contributed by atoms with Crippen LogP contribution in [0.2, 0.25) is 0 Å². The van der Waals surface area contributed by atoms with Crippen LogP contribution in [0.5, 0.6) is 11.5 Å². The average Bonchev–Trinajstić information content (AvgIpc) is 3.19. The van der Waals surface area contributed by atoms with Crippen LogP contribution in [0.25, 0.3) is 0 Å². The van der Waals surface area contributed by atoms with E-state index >= 15 is 0 Å². The molecule has 0 saturated heterocycles. The first-order valence-corrected chi connectivity index (χ1v) is 22.7. The molecular formula is C44H74O7S2. The van der Waals surface area contributed by atoms with Gasteiger partial charge in [0, 0.05) is 11.5 Å². The zero-order valence-electron chi connectivity index (χ0n) is 33.8. The maximum atomic E-state index is 11.4. The van der Waals surface area contributed by atoms with Gasteiger partial charge in [-0.1, -0.05) is 129 Å². The molecule has 2 N–H and O–H groups in total. The fraction of sp³-hybridized carbons (Fsp3) is 0.682. The van der Waals surface area contributed by atoms with E-state index in [-0.39, 0.29) is 11.7 Å². The molecule has 0 atom stereocenters. The van der Waals surface area contributed by atoms with E-state index in [4.69, 9.17) is 14.9 Å². The molecule has 0 aliphatic rings. The molecule has 0 unspecified atom stereocenters. The molecule has 0 radical (unpaired) electrons. The highest BCUT2D eigenvalue weighted by molar-refractivity contribution is 7.99. The van der Waals surface area contributed by atoms with Crippen molar-refractivity contribution in [2.45, 2.75) is 142 Å². The molecule has 0 aromatic heterocycles. The summed E-state index contributed by atoms with van der Waals surface area (Å²) in [6, 6.07) is 13.0. The van der Waals surface area contributed by atoms with Gasteiger partial charge in [-0.3, -0.25) is 0 Å². The van der Waals surface area contributed by atoms with Crippen molar-refractivity contribution in [2.75, 3.05) is 50.4 Å². The zero-order chi connectivity index (χ0) is 39.0. The number of benzene rings is 2. The molecule has 9 heteroatoms. The smallest absolute Gasteiger partial charge is 0.337 e. The summed E-state index contributed by atoms with van der Waals surface area (Å²) in [7, 11) is 2.70. The van der Waals surface area contributed by atoms with E-state index in [9.17, 15) is 9.59 Å². The number of ether oxygens (including phenoxy) is 3. The molecule has 0 saturated carbocycles. The Bertz CT molecular complexity index is 1070. The van der Waals surface area contributed by atoms with Gasteiger partial charge in [0.1, 0.15) is 11.5 Å². The van der Waals surface area contributed by atoms with E-state index in [1.165, 1.54) is 178 Å². The van der Waals surface area contributed by atoms with Gasteiger partial charge < -0.3 is 24.4 Å². The second kappa shape index (κ2) is 39.3. The van der Waals surface area contributed by atoms with E-state index in [0.717, 1.165) is 17.3 Å². The van der Waals surface area contributed by atoms with E-state index in [1.54, 1.807) is 12.1 Å².